The molecule has 0 aliphatic carbocycles. The number of carbonyl (C=O) groups excluding carboxylic acids is 1. The summed E-state index contributed by atoms with van der Waals surface area (Å²) in [6.07, 6.45) is 6.36. The van der Waals surface area contributed by atoms with E-state index in [1.165, 1.54) is 17.8 Å². The first kappa shape index (κ1) is 18.2. The van der Waals surface area contributed by atoms with Gasteiger partial charge in [0.2, 0.25) is 0 Å². The van der Waals surface area contributed by atoms with Gasteiger partial charge in [0, 0.05) is 36.1 Å². The summed E-state index contributed by atoms with van der Waals surface area (Å²) in [5, 5.41) is 4.26. The fraction of sp³-hybridized carbons (Fsp3) is 0.429. The number of rotatable bonds is 5. The van der Waals surface area contributed by atoms with Crippen molar-refractivity contribution < 1.29 is 4.79 Å². The van der Waals surface area contributed by atoms with Crippen molar-refractivity contribution in [3.8, 4) is 5.69 Å². The van der Waals surface area contributed by atoms with Gasteiger partial charge in [-0.15, -0.1) is 11.3 Å². The monoisotopic (exact) mass is 382 g/mol. The number of fused-ring (bicyclic) bond motifs is 1. The van der Waals surface area contributed by atoms with Crippen molar-refractivity contribution >= 4 is 27.5 Å². The number of thiophene rings is 1. The van der Waals surface area contributed by atoms with Gasteiger partial charge in [0.1, 0.15) is 9.71 Å². The highest BCUT2D eigenvalue weighted by molar-refractivity contribution is 7.21. The van der Waals surface area contributed by atoms with E-state index < -0.39 is 0 Å². The first-order valence-electron chi connectivity index (χ1n) is 9.64. The molecule has 0 aromatic carbocycles. The molecule has 6 heteroatoms. The van der Waals surface area contributed by atoms with Crippen LogP contribution < -0.4 is 5.32 Å². The lowest BCUT2D eigenvalue weighted by atomic mass is 10.1. The number of hydrogen-bond donors (Lipinski definition) is 1. The molecule has 1 atom stereocenters. The zero-order valence-electron chi connectivity index (χ0n) is 16.2. The molecule has 1 aliphatic heterocycles. The minimum Gasteiger partial charge on any atom is -0.350 e. The third kappa shape index (κ3) is 3.39. The topological polar surface area (TPSA) is 50.2 Å². The lowest BCUT2D eigenvalue weighted by Crippen LogP contribution is -2.40. The Hall–Kier alpha value is -2.18. The number of aryl methyl sites for hydroxylation is 2. The molecule has 1 N–H and O–H groups in total. The van der Waals surface area contributed by atoms with Crippen molar-refractivity contribution in [1.82, 2.24) is 19.8 Å². The van der Waals surface area contributed by atoms with Gasteiger partial charge in [-0.2, -0.15) is 0 Å². The van der Waals surface area contributed by atoms with Crippen molar-refractivity contribution in [1.29, 1.82) is 0 Å². The average molecular weight is 383 g/mol. The second-order valence-electron chi connectivity index (χ2n) is 7.27. The standard InChI is InChI=1S/C21H26N4OS/c1-4-24-11-7-8-16(24)13-22-20(26)19-18(25-9-5-6-10-25)17-14(2)12-15(3)23-21(17)27-19/h5-6,9-10,12,16H,4,7-8,11,13H2,1-3H3,(H,22,26)/t16-/m0/s1. The van der Waals surface area contributed by atoms with Crippen molar-refractivity contribution in [2.45, 2.75) is 39.7 Å². The summed E-state index contributed by atoms with van der Waals surface area (Å²) in [5.41, 5.74) is 3.09. The van der Waals surface area contributed by atoms with Crippen LogP contribution in [-0.2, 0) is 0 Å². The molecule has 142 valence electrons. The van der Waals surface area contributed by atoms with E-state index in [2.05, 4.69) is 35.1 Å². The number of likely N-dealkylation sites (tertiary alicyclic amines) is 1. The largest absolute Gasteiger partial charge is 0.350 e. The Morgan fingerprint density at radius 2 is 2.11 bits per heavy atom. The predicted octanol–water partition coefficient (Wildman–Crippen LogP) is 3.92. The Bertz CT molecular complexity index is 960. The Morgan fingerprint density at radius 3 is 2.85 bits per heavy atom. The first-order valence-corrected chi connectivity index (χ1v) is 10.5. The lowest BCUT2D eigenvalue weighted by Gasteiger charge is -2.22. The summed E-state index contributed by atoms with van der Waals surface area (Å²) < 4.78 is 2.03. The summed E-state index contributed by atoms with van der Waals surface area (Å²) in [4.78, 5) is 21.9. The smallest absolute Gasteiger partial charge is 0.263 e. The predicted molar refractivity (Wildman–Crippen MR) is 111 cm³/mol. The second kappa shape index (κ2) is 7.44. The summed E-state index contributed by atoms with van der Waals surface area (Å²) in [6, 6.07) is 6.51. The molecule has 1 amide bonds. The van der Waals surface area contributed by atoms with Crippen LogP contribution in [0.2, 0.25) is 0 Å². The molecule has 5 nitrogen and oxygen atoms in total. The first-order chi connectivity index (χ1) is 13.1. The molecule has 0 radical (unpaired) electrons. The van der Waals surface area contributed by atoms with Crippen molar-refractivity contribution in [3.05, 3.63) is 46.7 Å². The van der Waals surface area contributed by atoms with Gasteiger partial charge in [-0.3, -0.25) is 9.69 Å². The number of carbonyl (C=O) groups is 1. The normalized spacial score (nSPS) is 17.7. The van der Waals surface area contributed by atoms with Crippen LogP contribution in [0.3, 0.4) is 0 Å². The van der Waals surface area contributed by atoms with Crippen molar-refractivity contribution in [2.24, 2.45) is 0 Å². The second-order valence-corrected chi connectivity index (χ2v) is 8.26. The lowest BCUT2D eigenvalue weighted by molar-refractivity contribution is 0.0945. The highest BCUT2D eigenvalue weighted by Gasteiger charge is 2.26. The molecule has 0 bridgehead atoms. The molecular weight excluding hydrogens is 356 g/mol. The Labute approximate surface area is 164 Å². The van der Waals surface area contributed by atoms with Crippen molar-refractivity contribution in [3.63, 3.8) is 0 Å². The molecule has 1 aliphatic rings. The molecule has 3 aromatic heterocycles. The molecular formula is C21H26N4OS. The van der Waals surface area contributed by atoms with Crippen LogP contribution in [0.15, 0.2) is 30.6 Å². The van der Waals surface area contributed by atoms with E-state index in [4.69, 9.17) is 0 Å². The molecule has 1 saturated heterocycles. The Kier molecular flexibility index (Phi) is 5.02. The quantitative estimate of drug-likeness (QED) is 0.728. The molecule has 4 rings (SSSR count). The minimum absolute atomic E-state index is 0.00158. The number of hydrogen-bond acceptors (Lipinski definition) is 4. The summed E-state index contributed by atoms with van der Waals surface area (Å²) in [6.45, 7) is 9.17. The van der Waals surface area contributed by atoms with E-state index in [0.29, 0.717) is 12.6 Å². The molecule has 27 heavy (non-hydrogen) atoms. The zero-order valence-corrected chi connectivity index (χ0v) is 17.0. The van der Waals surface area contributed by atoms with E-state index in [9.17, 15) is 4.79 Å². The summed E-state index contributed by atoms with van der Waals surface area (Å²) in [5.74, 6) is 0.00158. The molecule has 0 spiro atoms. The number of amides is 1. The van der Waals surface area contributed by atoms with Gasteiger partial charge in [0.15, 0.2) is 0 Å². The van der Waals surface area contributed by atoms with Gasteiger partial charge in [-0.1, -0.05) is 6.92 Å². The number of nitrogens with zero attached hydrogens (tertiary/aromatic N) is 3. The zero-order chi connectivity index (χ0) is 19.0. The maximum atomic E-state index is 13.1. The molecule has 0 unspecified atom stereocenters. The van der Waals surface area contributed by atoms with E-state index >= 15 is 0 Å². The van der Waals surface area contributed by atoms with Crippen LogP contribution >= 0.6 is 11.3 Å². The van der Waals surface area contributed by atoms with Crippen molar-refractivity contribution in [2.75, 3.05) is 19.6 Å². The third-order valence-electron chi connectivity index (χ3n) is 5.43. The van der Waals surface area contributed by atoms with Crippen LogP contribution in [0.1, 0.15) is 40.7 Å². The van der Waals surface area contributed by atoms with Gasteiger partial charge in [-0.05, 0) is 63.5 Å². The van der Waals surface area contributed by atoms with E-state index in [1.807, 2.05) is 36.0 Å². The van der Waals surface area contributed by atoms with Gasteiger partial charge in [0.05, 0.1) is 5.69 Å². The highest BCUT2D eigenvalue weighted by Crippen LogP contribution is 2.35. The van der Waals surface area contributed by atoms with Crippen LogP contribution in [0, 0.1) is 13.8 Å². The van der Waals surface area contributed by atoms with E-state index in [0.717, 1.165) is 51.5 Å². The Balaban J connectivity index is 1.69. The molecule has 1 fully saturated rings. The number of likely N-dealkylation sites (N-methyl/N-ethyl adjacent to an activating group) is 1. The fourth-order valence-electron chi connectivity index (χ4n) is 4.14. The Morgan fingerprint density at radius 1 is 1.33 bits per heavy atom. The number of pyridine rings is 1. The van der Waals surface area contributed by atoms with Crippen LogP contribution in [0.4, 0.5) is 0 Å². The highest BCUT2D eigenvalue weighted by atomic mass is 32.1. The maximum absolute atomic E-state index is 13.1. The van der Waals surface area contributed by atoms with Gasteiger partial charge in [-0.25, -0.2) is 4.98 Å². The maximum Gasteiger partial charge on any atom is 0.263 e. The summed E-state index contributed by atoms with van der Waals surface area (Å²) in [7, 11) is 0. The van der Waals surface area contributed by atoms with Crippen LogP contribution in [-0.4, -0.2) is 46.0 Å². The van der Waals surface area contributed by atoms with Gasteiger partial charge >= 0.3 is 0 Å². The summed E-state index contributed by atoms with van der Waals surface area (Å²) >= 11 is 1.49. The molecule has 4 heterocycles. The average Bonchev–Trinajstić information content (AvgIpc) is 3.37. The third-order valence-corrected chi connectivity index (χ3v) is 6.51. The van der Waals surface area contributed by atoms with Crippen LogP contribution in [0.25, 0.3) is 15.9 Å². The minimum atomic E-state index is 0.00158. The van der Waals surface area contributed by atoms with E-state index in [-0.39, 0.29) is 5.91 Å². The van der Waals surface area contributed by atoms with Gasteiger partial charge in [0.25, 0.3) is 5.91 Å². The van der Waals surface area contributed by atoms with Gasteiger partial charge < -0.3 is 9.88 Å². The van der Waals surface area contributed by atoms with Crippen LogP contribution in [0.5, 0.6) is 0 Å². The number of aromatic nitrogens is 2. The molecule has 3 aromatic rings. The molecule has 0 saturated carbocycles. The SMILES string of the molecule is CCN1CCC[C@H]1CNC(=O)c1sc2nc(C)cc(C)c2c1-n1cccc1. The number of nitrogens with one attached hydrogen (secondary N) is 1. The van der Waals surface area contributed by atoms with E-state index in [1.54, 1.807) is 0 Å². The fourth-order valence-corrected chi connectivity index (χ4v) is 5.35.